The van der Waals surface area contributed by atoms with Gasteiger partial charge in [-0.3, -0.25) is 0 Å². The van der Waals surface area contributed by atoms with E-state index in [9.17, 15) is 0 Å². The second-order valence-electron chi connectivity index (χ2n) is 38.1. The third-order valence-electron chi connectivity index (χ3n) is 29.1. The number of hydrogen-bond acceptors (Lipinski definition) is 6. The molecule has 652 valence electrons. The number of fused-ring (bicyclic) bond motifs is 23. The van der Waals surface area contributed by atoms with Crippen LogP contribution in [0.2, 0.25) is 0 Å². The van der Waals surface area contributed by atoms with E-state index in [-0.39, 0.29) is 16.2 Å². The van der Waals surface area contributed by atoms with E-state index in [2.05, 4.69) is 523 Å². The van der Waals surface area contributed by atoms with Crippen molar-refractivity contribution in [1.82, 2.24) is 0 Å². The highest BCUT2D eigenvalue weighted by Gasteiger charge is 2.42. The lowest BCUT2D eigenvalue weighted by Gasteiger charge is -2.27. The van der Waals surface area contributed by atoms with Crippen molar-refractivity contribution in [2.75, 3.05) is 14.7 Å². The minimum absolute atomic E-state index is 0.0623. The summed E-state index contributed by atoms with van der Waals surface area (Å²) in [7, 11) is 0. The predicted octanol–water partition coefficient (Wildman–Crippen LogP) is 38.5. The van der Waals surface area contributed by atoms with Crippen LogP contribution in [0.15, 0.2) is 467 Å². The Kier molecular flexibility index (Phi) is 20.2. The van der Waals surface area contributed by atoms with Crippen LogP contribution in [0.3, 0.4) is 0 Å². The number of anilines is 9. The van der Waals surface area contributed by atoms with Crippen LogP contribution in [-0.2, 0) is 16.2 Å². The second-order valence-corrected chi connectivity index (χ2v) is 41.3. The highest BCUT2D eigenvalue weighted by atomic mass is 32.1. The van der Waals surface area contributed by atoms with E-state index in [1.807, 2.05) is 34.0 Å². The summed E-state index contributed by atoms with van der Waals surface area (Å²) in [4.78, 5) is 7.23. The molecule has 6 heteroatoms. The molecule has 0 bridgehead atoms. The summed E-state index contributed by atoms with van der Waals surface area (Å²) in [6.45, 7) is 14.3. The molecule has 0 atom stereocenters. The van der Waals surface area contributed by atoms with Gasteiger partial charge >= 0.3 is 0 Å². The third kappa shape index (κ3) is 14.1. The molecule has 27 rings (SSSR count). The normalized spacial score (nSPS) is 13.2. The lowest BCUT2D eigenvalue weighted by molar-refractivity contribution is 0.666. The Morgan fingerprint density at radius 2 is 0.482 bits per heavy atom. The molecule has 0 spiro atoms. The summed E-state index contributed by atoms with van der Waals surface area (Å²) in [6.07, 6.45) is 0. The first kappa shape index (κ1) is 83.1. The van der Waals surface area contributed by atoms with Crippen LogP contribution in [0.4, 0.5) is 51.2 Å². The van der Waals surface area contributed by atoms with Crippen molar-refractivity contribution in [2.24, 2.45) is 0 Å². The largest absolute Gasteiger partial charge is 0.310 e. The van der Waals surface area contributed by atoms with Gasteiger partial charge in [0.25, 0.3) is 0 Å². The van der Waals surface area contributed by atoms with E-state index in [1.165, 1.54) is 205 Å². The van der Waals surface area contributed by atoms with Crippen molar-refractivity contribution in [3.8, 4) is 77.9 Å². The lowest BCUT2D eigenvalue weighted by Crippen LogP contribution is -2.16. The van der Waals surface area contributed by atoms with E-state index in [0.29, 0.717) is 0 Å². The average Bonchev–Trinajstić information content (AvgIpc) is 1.56. The van der Waals surface area contributed by atoms with Gasteiger partial charge in [-0.2, -0.15) is 0 Å². The molecule has 24 aromatic rings. The van der Waals surface area contributed by atoms with Crippen molar-refractivity contribution in [1.29, 1.82) is 0 Å². The van der Waals surface area contributed by atoms with Gasteiger partial charge in [-0.05, 0) is 266 Å². The Morgan fingerprint density at radius 1 is 0.175 bits per heavy atom. The quantitative estimate of drug-likeness (QED) is 0.114. The van der Waals surface area contributed by atoms with Crippen LogP contribution in [0.5, 0.6) is 0 Å². The van der Waals surface area contributed by atoms with Crippen LogP contribution < -0.4 is 14.7 Å². The van der Waals surface area contributed by atoms with Gasteiger partial charge in [-0.25, -0.2) is 0 Å². The third-order valence-corrected chi connectivity index (χ3v) is 32.6. The summed E-state index contributed by atoms with van der Waals surface area (Å²) in [5.41, 5.74) is 36.7. The van der Waals surface area contributed by atoms with E-state index >= 15 is 0 Å². The first-order chi connectivity index (χ1) is 67.2. The average molecular weight is 1810 g/mol. The van der Waals surface area contributed by atoms with Crippen molar-refractivity contribution >= 4 is 167 Å². The number of rotatable bonds is 13. The zero-order chi connectivity index (χ0) is 91.8. The Bertz CT molecular complexity index is 8750. The van der Waals surface area contributed by atoms with E-state index in [1.54, 1.807) is 0 Å². The number of para-hydroxylation sites is 2. The van der Waals surface area contributed by atoms with Crippen LogP contribution in [0.1, 0.15) is 74.9 Å². The summed E-state index contributed by atoms with van der Waals surface area (Å²) < 4.78 is 8.03. The molecule has 0 saturated carbocycles. The molecule has 0 N–H and O–H groups in total. The minimum atomic E-state index is -0.0916. The Morgan fingerprint density at radius 3 is 0.927 bits per heavy atom. The fourth-order valence-corrected chi connectivity index (χ4v) is 26.1. The maximum absolute atomic E-state index is 2.43. The minimum Gasteiger partial charge on any atom is -0.310 e. The summed E-state index contributed by atoms with van der Waals surface area (Å²) in [5.74, 6) is 0. The molecule has 3 aliphatic carbocycles. The van der Waals surface area contributed by atoms with Crippen LogP contribution in [0.25, 0.3) is 160 Å². The monoisotopic (exact) mass is 1810 g/mol. The van der Waals surface area contributed by atoms with Gasteiger partial charge in [0, 0.05) is 107 Å². The van der Waals surface area contributed by atoms with Crippen molar-refractivity contribution in [3.63, 3.8) is 0 Å². The van der Waals surface area contributed by atoms with Gasteiger partial charge in [0.15, 0.2) is 0 Å². The Labute approximate surface area is 811 Å². The topological polar surface area (TPSA) is 9.72 Å². The van der Waals surface area contributed by atoms with E-state index in [4.69, 9.17) is 0 Å². The van der Waals surface area contributed by atoms with Crippen LogP contribution in [-0.4, -0.2) is 0 Å². The molecule has 3 nitrogen and oxygen atoms in total. The van der Waals surface area contributed by atoms with Crippen molar-refractivity contribution < 1.29 is 0 Å². The molecule has 0 unspecified atom stereocenters. The maximum atomic E-state index is 2.43. The van der Waals surface area contributed by atoms with Gasteiger partial charge in [0.2, 0.25) is 0 Å². The maximum Gasteiger partial charge on any atom is 0.0640 e. The fourth-order valence-electron chi connectivity index (χ4n) is 22.6. The zero-order valence-electron chi connectivity index (χ0n) is 77.0. The van der Waals surface area contributed by atoms with Gasteiger partial charge in [0.1, 0.15) is 0 Å². The standard InChI is InChI=1S/C45H33NS.2C43H31NS/c1-45(2)39-18-10-9-16-36(39)37-28-29-41-42(43(37)45)38-17-11-19-40(44(38)47-41)46(34-24-20-32(21-25-34)30-12-5-3-6-13-30)35-26-22-33(23-27-35)31-14-7-4-8-15-31;1-43(2)37-17-9-8-15-34(37)35-25-26-39-40(41(35)43)36-16-10-18-38(42(36)45-39)44(32-13-4-3-5-14-32)33-23-21-29(22-24-33)31-20-19-28-11-6-7-12-30(28)27-31;1-43(2)38-24-22-34(27-37(38)35-23-25-40-41(42(35)43)36-14-8-9-15-39(36)45-40)44(32-12-4-3-5-13-32)33-20-18-29(19-21-33)31-17-16-28-10-6-7-11-30(28)26-31/h3-29H,1-2H3;2*3-27H,1-2H3. The molecule has 0 amide bonds. The van der Waals surface area contributed by atoms with Crippen molar-refractivity contribution in [2.45, 2.75) is 57.8 Å². The van der Waals surface area contributed by atoms with Crippen LogP contribution >= 0.6 is 34.0 Å². The highest BCUT2D eigenvalue weighted by molar-refractivity contribution is 7.27. The first-order valence-corrected chi connectivity index (χ1v) is 49.9. The molecule has 3 aromatic heterocycles. The summed E-state index contributed by atoms with van der Waals surface area (Å²) in [5, 5.41) is 13.3. The second kappa shape index (κ2) is 33.4. The van der Waals surface area contributed by atoms with Gasteiger partial charge < -0.3 is 14.7 Å². The van der Waals surface area contributed by atoms with Crippen molar-refractivity contribution in [3.05, 3.63) is 500 Å². The molecular formula is C131H95N3S3. The molecule has 0 radical (unpaired) electrons. The molecule has 0 aliphatic heterocycles. The van der Waals surface area contributed by atoms with E-state index < -0.39 is 0 Å². The number of benzene rings is 21. The number of nitrogens with zero attached hydrogens (tertiary/aromatic N) is 3. The molecule has 3 aliphatic rings. The number of thiophene rings is 3. The molecule has 0 saturated heterocycles. The smallest absolute Gasteiger partial charge is 0.0640 e. The molecular weight excluding hydrogens is 1710 g/mol. The summed E-state index contributed by atoms with van der Waals surface area (Å²) >= 11 is 5.72. The van der Waals surface area contributed by atoms with Gasteiger partial charge in [0.05, 0.1) is 20.8 Å². The Balaban J connectivity index is 0.000000109. The van der Waals surface area contributed by atoms with E-state index in [0.717, 1.165) is 39.8 Å². The Hall–Kier alpha value is -15.8. The first-order valence-electron chi connectivity index (χ1n) is 47.5. The highest BCUT2D eigenvalue weighted by Crippen LogP contribution is 2.60. The molecule has 3 heterocycles. The molecule has 0 fully saturated rings. The molecule has 21 aromatic carbocycles. The zero-order valence-corrected chi connectivity index (χ0v) is 79.5. The fraction of sp³-hybridized carbons (Fsp3) is 0.0687. The van der Waals surface area contributed by atoms with Gasteiger partial charge in [-0.1, -0.05) is 375 Å². The number of hydrogen-bond donors (Lipinski definition) is 0. The van der Waals surface area contributed by atoms with Gasteiger partial charge in [-0.15, -0.1) is 34.0 Å². The predicted molar refractivity (Wildman–Crippen MR) is 591 cm³/mol. The SMILES string of the molecule is CC1(C)c2ccc(N(c3ccccc3)c3ccc(-c4ccc5ccccc5c4)cc3)cc2-c2ccc3sc4ccccc4c3c21.CC1(C)c2ccccc2-c2ccc3sc4c(N(c5ccc(-c6ccccc6)cc5)c5ccc(-c6ccccc6)cc5)cccc4c3c21.CC1(C)c2ccccc2-c2ccc3sc4c(N(c5ccccc5)c5ccc(-c6ccc7ccccc7c6)cc5)cccc4c3c21. The van der Waals surface area contributed by atoms with Crippen LogP contribution in [0, 0.1) is 0 Å². The molecule has 137 heavy (non-hydrogen) atoms. The lowest BCUT2D eigenvalue weighted by atomic mass is 9.80. The summed E-state index contributed by atoms with van der Waals surface area (Å²) in [6, 6.07) is 171.